The number of nitrogens with zero attached hydrogens (tertiary/aromatic N) is 6. The number of likely N-dealkylation sites (N-methyl/N-ethyl adjacent to an activating group) is 1. The molecule has 2 aromatic heterocycles. The molecule has 0 bridgehead atoms. The van der Waals surface area contributed by atoms with Crippen molar-refractivity contribution in [2.75, 3.05) is 31.6 Å². The number of piperazine rings is 1. The predicted molar refractivity (Wildman–Crippen MR) is 117 cm³/mol. The van der Waals surface area contributed by atoms with Gasteiger partial charge in [0, 0.05) is 38.3 Å². The molecule has 154 valence electrons. The normalized spacial score (nSPS) is 17.1. The van der Waals surface area contributed by atoms with Gasteiger partial charge in [-0.2, -0.15) is 14.9 Å². The Labute approximate surface area is 183 Å². The Kier molecular flexibility index (Phi) is 5.70. The van der Waals surface area contributed by atoms with Crippen LogP contribution in [0.4, 0.5) is 5.82 Å². The second kappa shape index (κ2) is 8.42. The van der Waals surface area contributed by atoms with Gasteiger partial charge < -0.3 is 15.1 Å². The standard InChI is InChI=1S/C21H22BrN7O/c1-14-13-27(2)7-8-28(14)19-9-18(26-20-17(22)12-25-29(19)20)21(30)24-11-16-5-3-15(10-23)4-6-16/h3-6,9,12,14H,7-8,11,13H2,1-2H3,(H,24,30)/t14-/m1/s1. The monoisotopic (exact) mass is 467 g/mol. The van der Waals surface area contributed by atoms with Crippen LogP contribution in [-0.4, -0.2) is 58.1 Å². The van der Waals surface area contributed by atoms with Crippen molar-refractivity contribution in [3.05, 3.63) is 57.8 Å². The van der Waals surface area contributed by atoms with Crippen molar-refractivity contribution in [3.8, 4) is 6.07 Å². The molecule has 0 spiro atoms. The molecule has 0 aliphatic carbocycles. The molecule has 1 aliphatic rings. The Morgan fingerprint density at radius 3 is 2.80 bits per heavy atom. The van der Waals surface area contributed by atoms with E-state index in [9.17, 15) is 4.79 Å². The number of rotatable bonds is 4. The average Bonchev–Trinajstić information content (AvgIpc) is 3.13. The van der Waals surface area contributed by atoms with E-state index < -0.39 is 0 Å². The van der Waals surface area contributed by atoms with Crippen LogP contribution in [0.15, 0.2) is 41.0 Å². The van der Waals surface area contributed by atoms with Crippen molar-refractivity contribution in [2.24, 2.45) is 0 Å². The molecule has 1 atom stereocenters. The third-order valence-corrected chi connectivity index (χ3v) is 5.86. The minimum absolute atomic E-state index is 0.252. The maximum absolute atomic E-state index is 12.9. The topological polar surface area (TPSA) is 89.6 Å². The molecule has 9 heteroatoms. The van der Waals surface area contributed by atoms with Crippen LogP contribution >= 0.6 is 15.9 Å². The van der Waals surface area contributed by atoms with Gasteiger partial charge in [-0.1, -0.05) is 12.1 Å². The van der Waals surface area contributed by atoms with E-state index in [-0.39, 0.29) is 11.9 Å². The van der Waals surface area contributed by atoms with Crippen LogP contribution in [-0.2, 0) is 6.54 Å². The molecule has 0 unspecified atom stereocenters. The lowest BCUT2D eigenvalue weighted by Gasteiger charge is -2.39. The smallest absolute Gasteiger partial charge is 0.270 e. The van der Waals surface area contributed by atoms with Crippen molar-refractivity contribution in [3.63, 3.8) is 0 Å². The summed E-state index contributed by atoms with van der Waals surface area (Å²) in [6, 6.07) is 11.3. The van der Waals surface area contributed by atoms with Crippen LogP contribution in [0.5, 0.6) is 0 Å². The Balaban J connectivity index is 1.61. The fourth-order valence-corrected chi connectivity index (χ4v) is 4.04. The van der Waals surface area contributed by atoms with Crippen LogP contribution in [0.1, 0.15) is 28.5 Å². The SMILES string of the molecule is C[C@@H]1CN(C)CCN1c1cc(C(=O)NCc2ccc(C#N)cc2)nc2c(Br)cnn12. The number of aromatic nitrogens is 3. The summed E-state index contributed by atoms with van der Waals surface area (Å²) >= 11 is 3.49. The zero-order chi connectivity index (χ0) is 21.3. The van der Waals surface area contributed by atoms with Gasteiger partial charge in [-0.3, -0.25) is 4.79 Å². The third-order valence-electron chi connectivity index (χ3n) is 5.30. The van der Waals surface area contributed by atoms with E-state index in [1.807, 2.05) is 18.2 Å². The van der Waals surface area contributed by atoms with Gasteiger partial charge in [-0.25, -0.2) is 4.98 Å². The summed E-state index contributed by atoms with van der Waals surface area (Å²) in [5.74, 6) is 0.604. The second-order valence-electron chi connectivity index (χ2n) is 7.52. The zero-order valence-electron chi connectivity index (χ0n) is 16.8. The zero-order valence-corrected chi connectivity index (χ0v) is 18.4. The minimum Gasteiger partial charge on any atom is -0.351 e. The number of amides is 1. The number of halogens is 1. The highest BCUT2D eigenvalue weighted by molar-refractivity contribution is 9.10. The van der Waals surface area contributed by atoms with Crippen LogP contribution in [0.25, 0.3) is 5.65 Å². The first-order valence-electron chi connectivity index (χ1n) is 9.73. The third kappa shape index (κ3) is 4.01. The van der Waals surface area contributed by atoms with Crippen molar-refractivity contribution < 1.29 is 4.79 Å². The van der Waals surface area contributed by atoms with E-state index in [1.165, 1.54) is 0 Å². The average molecular weight is 468 g/mol. The number of hydrogen-bond acceptors (Lipinski definition) is 6. The lowest BCUT2D eigenvalue weighted by Crippen LogP contribution is -2.51. The summed E-state index contributed by atoms with van der Waals surface area (Å²) in [6.45, 7) is 5.26. The summed E-state index contributed by atoms with van der Waals surface area (Å²) in [5, 5.41) is 16.3. The largest absolute Gasteiger partial charge is 0.351 e. The molecular formula is C21H22BrN7O. The first kappa shape index (κ1) is 20.3. The Morgan fingerprint density at radius 2 is 2.10 bits per heavy atom. The van der Waals surface area contributed by atoms with Crippen LogP contribution in [0.2, 0.25) is 0 Å². The molecule has 8 nitrogen and oxygen atoms in total. The van der Waals surface area contributed by atoms with Crippen molar-refractivity contribution in [2.45, 2.75) is 19.5 Å². The molecule has 4 rings (SSSR count). The van der Waals surface area contributed by atoms with Gasteiger partial charge in [0.25, 0.3) is 5.91 Å². The molecule has 1 amide bonds. The Hall–Kier alpha value is -2.96. The van der Waals surface area contributed by atoms with Gasteiger partial charge in [0.05, 0.1) is 22.3 Å². The number of carbonyl (C=O) groups excluding carboxylic acids is 1. The summed E-state index contributed by atoms with van der Waals surface area (Å²) < 4.78 is 2.52. The molecule has 1 aromatic carbocycles. The summed E-state index contributed by atoms with van der Waals surface area (Å²) in [7, 11) is 2.11. The first-order chi connectivity index (χ1) is 14.5. The van der Waals surface area contributed by atoms with Crippen molar-refractivity contribution in [1.82, 2.24) is 24.8 Å². The van der Waals surface area contributed by atoms with E-state index in [1.54, 1.807) is 22.8 Å². The number of nitrogens with one attached hydrogen (secondary N) is 1. The number of anilines is 1. The Bertz CT molecular complexity index is 1120. The van der Waals surface area contributed by atoms with Gasteiger partial charge in [0.2, 0.25) is 0 Å². The Morgan fingerprint density at radius 1 is 1.33 bits per heavy atom. The van der Waals surface area contributed by atoms with Crippen LogP contribution in [0.3, 0.4) is 0 Å². The number of fused-ring (bicyclic) bond motifs is 1. The van der Waals surface area contributed by atoms with Gasteiger partial charge in [-0.15, -0.1) is 0 Å². The van der Waals surface area contributed by atoms with E-state index >= 15 is 0 Å². The van der Waals surface area contributed by atoms with Gasteiger partial charge >= 0.3 is 0 Å². The molecule has 0 saturated carbocycles. The number of nitriles is 1. The maximum Gasteiger partial charge on any atom is 0.270 e. The van der Waals surface area contributed by atoms with E-state index in [0.717, 1.165) is 35.5 Å². The molecule has 3 aromatic rings. The quantitative estimate of drug-likeness (QED) is 0.633. The number of hydrogen-bond donors (Lipinski definition) is 1. The highest BCUT2D eigenvalue weighted by Crippen LogP contribution is 2.25. The van der Waals surface area contributed by atoms with Crippen molar-refractivity contribution >= 4 is 33.3 Å². The summed E-state index contributed by atoms with van der Waals surface area (Å²) in [6.07, 6.45) is 1.70. The highest BCUT2D eigenvalue weighted by atomic mass is 79.9. The fraction of sp³-hybridized carbons (Fsp3) is 0.333. The molecule has 1 fully saturated rings. The molecular weight excluding hydrogens is 446 g/mol. The second-order valence-corrected chi connectivity index (χ2v) is 8.38. The van der Waals surface area contributed by atoms with Crippen molar-refractivity contribution in [1.29, 1.82) is 5.26 Å². The lowest BCUT2D eigenvalue weighted by atomic mass is 10.1. The summed E-state index contributed by atoms with van der Waals surface area (Å²) in [5.41, 5.74) is 2.47. The van der Waals surface area contributed by atoms with E-state index in [0.29, 0.717) is 23.4 Å². The fourth-order valence-electron chi connectivity index (χ4n) is 3.69. The maximum atomic E-state index is 12.9. The van der Waals surface area contributed by atoms with E-state index in [4.69, 9.17) is 5.26 Å². The first-order valence-corrected chi connectivity index (χ1v) is 10.5. The number of benzene rings is 1. The molecule has 1 N–H and O–H groups in total. The van der Waals surface area contributed by atoms with Gasteiger partial charge in [-0.05, 0) is 47.6 Å². The molecule has 1 aliphatic heterocycles. The molecule has 3 heterocycles. The predicted octanol–water partition coefficient (Wildman–Crippen LogP) is 2.43. The highest BCUT2D eigenvalue weighted by Gasteiger charge is 2.26. The number of carbonyl (C=O) groups is 1. The molecule has 1 saturated heterocycles. The van der Waals surface area contributed by atoms with Gasteiger partial charge in [0.15, 0.2) is 5.65 Å². The summed E-state index contributed by atoms with van der Waals surface area (Å²) in [4.78, 5) is 22.0. The van der Waals surface area contributed by atoms with Crippen LogP contribution < -0.4 is 10.2 Å². The van der Waals surface area contributed by atoms with E-state index in [2.05, 4.69) is 61.2 Å². The van der Waals surface area contributed by atoms with Gasteiger partial charge in [0.1, 0.15) is 11.5 Å². The molecule has 0 radical (unpaired) electrons. The lowest BCUT2D eigenvalue weighted by molar-refractivity contribution is 0.0946. The minimum atomic E-state index is -0.252. The molecule has 30 heavy (non-hydrogen) atoms. The van der Waals surface area contributed by atoms with Crippen LogP contribution in [0, 0.1) is 11.3 Å².